The molecule has 0 saturated heterocycles. The van der Waals surface area contributed by atoms with Crippen molar-refractivity contribution in [3.63, 3.8) is 0 Å². The molecule has 1 amide bonds. The normalized spacial score (nSPS) is 18.4. The number of nitrogens with zero attached hydrogens (tertiary/aromatic N) is 2. The summed E-state index contributed by atoms with van der Waals surface area (Å²) >= 11 is 1.45. The SMILES string of the molecule is COC(=O)C1=C(C)N=C2SC=C(CC(=O)NCC3CC3)N2C1c1ccc(OCc2ccccc2)c(OC)c1. The number of rotatable bonds is 10. The maximum atomic E-state index is 13.0. The van der Waals surface area contributed by atoms with E-state index >= 15 is 0 Å². The van der Waals surface area contributed by atoms with Crippen LogP contribution in [0, 0.1) is 5.92 Å². The number of carbonyl (C=O) groups excluding carboxylic acids is 2. The van der Waals surface area contributed by atoms with Crippen molar-refractivity contribution >= 4 is 28.8 Å². The standard InChI is InChI=1S/C29H31N3O5S/c1-18-26(28(34)36-3)27(32-22(17-38-29(32)31-18)14-25(33)30-15-19-9-10-19)21-11-12-23(24(13-21)35-2)37-16-20-7-5-4-6-8-20/h4-8,11-13,17,19,27H,9-10,14-16H2,1-3H3,(H,30,33). The van der Waals surface area contributed by atoms with Crippen LogP contribution >= 0.6 is 11.8 Å². The number of allylic oxidation sites excluding steroid dienone is 1. The third-order valence-corrected chi connectivity index (χ3v) is 7.66. The van der Waals surface area contributed by atoms with Crippen molar-refractivity contribution < 1.29 is 23.8 Å². The molecule has 1 saturated carbocycles. The van der Waals surface area contributed by atoms with E-state index in [-0.39, 0.29) is 12.3 Å². The Kier molecular flexibility index (Phi) is 7.74. The molecule has 2 heterocycles. The number of aliphatic imine (C=N–C) groups is 1. The Morgan fingerprint density at radius 3 is 2.61 bits per heavy atom. The summed E-state index contributed by atoms with van der Waals surface area (Å²) in [7, 11) is 2.95. The lowest BCUT2D eigenvalue weighted by atomic mass is 9.93. The average molecular weight is 534 g/mol. The van der Waals surface area contributed by atoms with Crippen LogP contribution in [-0.4, -0.2) is 42.7 Å². The minimum Gasteiger partial charge on any atom is -0.493 e. The molecular weight excluding hydrogens is 502 g/mol. The van der Waals surface area contributed by atoms with E-state index in [1.165, 1.54) is 31.7 Å². The van der Waals surface area contributed by atoms with Crippen LogP contribution in [0.5, 0.6) is 11.5 Å². The Bertz CT molecular complexity index is 1320. The van der Waals surface area contributed by atoms with Gasteiger partial charge >= 0.3 is 5.97 Å². The predicted octanol–water partition coefficient (Wildman–Crippen LogP) is 4.94. The molecule has 1 atom stereocenters. The van der Waals surface area contributed by atoms with Gasteiger partial charge in [0.2, 0.25) is 5.91 Å². The molecule has 0 bridgehead atoms. The van der Waals surface area contributed by atoms with E-state index in [9.17, 15) is 9.59 Å². The van der Waals surface area contributed by atoms with Gasteiger partial charge in [-0.25, -0.2) is 9.79 Å². The van der Waals surface area contributed by atoms with Gasteiger partial charge in [-0.15, -0.1) is 0 Å². The number of fused-ring (bicyclic) bond motifs is 1. The van der Waals surface area contributed by atoms with Crippen LogP contribution < -0.4 is 14.8 Å². The zero-order chi connectivity index (χ0) is 26.6. The van der Waals surface area contributed by atoms with Crippen LogP contribution in [0.3, 0.4) is 0 Å². The Balaban J connectivity index is 1.44. The molecule has 9 heteroatoms. The summed E-state index contributed by atoms with van der Waals surface area (Å²) in [5.41, 5.74) is 3.62. The fourth-order valence-electron chi connectivity index (χ4n) is 4.57. The highest BCUT2D eigenvalue weighted by molar-refractivity contribution is 8.16. The zero-order valence-corrected chi connectivity index (χ0v) is 22.5. The summed E-state index contributed by atoms with van der Waals surface area (Å²) in [6.45, 7) is 2.91. The molecule has 0 radical (unpaired) electrons. The number of amides is 1. The second-order valence-electron chi connectivity index (χ2n) is 9.49. The molecule has 38 heavy (non-hydrogen) atoms. The monoisotopic (exact) mass is 533 g/mol. The van der Waals surface area contributed by atoms with E-state index in [2.05, 4.69) is 10.3 Å². The highest BCUT2D eigenvalue weighted by Gasteiger charge is 2.41. The molecule has 1 aliphatic carbocycles. The lowest BCUT2D eigenvalue weighted by Crippen LogP contribution is -2.38. The Hall–Kier alpha value is -3.72. The molecule has 1 unspecified atom stereocenters. The van der Waals surface area contributed by atoms with Crippen molar-refractivity contribution in [2.45, 2.75) is 38.8 Å². The van der Waals surface area contributed by atoms with Crippen molar-refractivity contribution in [2.24, 2.45) is 10.9 Å². The van der Waals surface area contributed by atoms with Crippen LogP contribution in [0.2, 0.25) is 0 Å². The van der Waals surface area contributed by atoms with Crippen molar-refractivity contribution in [2.75, 3.05) is 20.8 Å². The molecular formula is C29H31N3O5S. The van der Waals surface area contributed by atoms with Gasteiger partial charge in [-0.1, -0.05) is 48.2 Å². The summed E-state index contributed by atoms with van der Waals surface area (Å²) in [5.74, 6) is 1.22. The lowest BCUT2D eigenvalue weighted by Gasteiger charge is -2.36. The minimum atomic E-state index is -0.537. The molecule has 1 N–H and O–H groups in total. The molecule has 2 aliphatic heterocycles. The molecule has 2 aromatic rings. The number of thioether (sulfide) groups is 1. The van der Waals surface area contributed by atoms with Crippen molar-refractivity contribution in [1.29, 1.82) is 0 Å². The second kappa shape index (κ2) is 11.3. The highest BCUT2D eigenvalue weighted by atomic mass is 32.2. The quantitative estimate of drug-likeness (QED) is 0.433. The van der Waals surface area contributed by atoms with Crippen LogP contribution in [-0.2, 0) is 20.9 Å². The van der Waals surface area contributed by atoms with E-state index < -0.39 is 12.0 Å². The minimum absolute atomic E-state index is 0.0446. The van der Waals surface area contributed by atoms with E-state index in [1.54, 1.807) is 14.0 Å². The van der Waals surface area contributed by atoms with Crippen LogP contribution in [0.1, 0.15) is 43.4 Å². The molecule has 3 aliphatic rings. The first-order valence-corrected chi connectivity index (χ1v) is 13.5. The summed E-state index contributed by atoms with van der Waals surface area (Å²) in [5, 5.41) is 5.68. The number of methoxy groups -OCH3 is 2. The van der Waals surface area contributed by atoms with Gasteiger partial charge in [0.05, 0.1) is 38.0 Å². The maximum Gasteiger partial charge on any atom is 0.338 e. The third kappa shape index (κ3) is 5.57. The Morgan fingerprint density at radius 2 is 1.89 bits per heavy atom. The fraction of sp³-hybridized carbons (Fsp3) is 0.345. The first-order valence-electron chi connectivity index (χ1n) is 12.6. The van der Waals surface area contributed by atoms with Crippen LogP contribution in [0.25, 0.3) is 0 Å². The number of carbonyl (C=O) groups is 2. The topological polar surface area (TPSA) is 89.5 Å². The van der Waals surface area contributed by atoms with Crippen LogP contribution in [0.4, 0.5) is 0 Å². The van der Waals surface area contributed by atoms with Gasteiger partial charge in [0.1, 0.15) is 6.61 Å². The Morgan fingerprint density at radius 1 is 1.11 bits per heavy atom. The van der Waals surface area contributed by atoms with E-state index in [0.29, 0.717) is 47.0 Å². The van der Waals surface area contributed by atoms with Gasteiger partial charge < -0.3 is 24.4 Å². The summed E-state index contributed by atoms with van der Waals surface area (Å²) in [6, 6.07) is 15.0. The van der Waals surface area contributed by atoms with Gasteiger partial charge in [0.15, 0.2) is 16.7 Å². The summed E-state index contributed by atoms with van der Waals surface area (Å²) in [6.07, 6.45) is 2.53. The molecule has 8 nitrogen and oxygen atoms in total. The third-order valence-electron chi connectivity index (χ3n) is 6.77. The fourth-order valence-corrected chi connectivity index (χ4v) is 5.54. The second-order valence-corrected chi connectivity index (χ2v) is 10.3. The van der Waals surface area contributed by atoms with Crippen molar-refractivity contribution in [3.05, 3.63) is 82.0 Å². The highest BCUT2D eigenvalue weighted by Crippen LogP contribution is 2.46. The summed E-state index contributed by atoms with van der Waals surface area (Å²) in [4.78, 5) is 32.4. The van der Waals surface area contributed by atoms with Gasteiger partial charge in [-0.2, -0.15) is 0 Å². The number of esters is 1. The average Bonchev–Trinajstić information content (AvgIpc) is 3.70. The van der Waals surface area contributed by atoms with Gasteiger partial charge in [-0.3, -0.25) is 4.79 Å². The van der Waals surface area contributed by atoms with Crippen LogP contribution in [0.15, 0.2) is 75.9 Å². The molecule has 0 spiro atoms. The zero-order valence-electron chi connectivity index (χ0n) is 21.7. The van der Waals surface area contributed by atoms with Gasteiger partial charge in [0, 0.05) is 12.2 Å². The first kappa shape index (κ1) is 25.9. The molecule has 1 fully saturated rings. The largest absolute Gasteiger partial charge is 0.493 e. The number of benzene rings is 2. The number of nitrogens with one attached hydrogen (secondary N) is 1. The summed E-state index contributed by atoms with van der Waals surface area (Å²) < 4.78 is 16.9. The van der Waals surface area contributed by atoms with Gasteiger partial charge in [0.25, 0.3) is 0 Å². The molecule has 5 rings (SSSR count). The molecule has 2 aromatic carbocycles. The molecule has 198 valence electrons. The van der Waals surface area contributed by atoms with E-state index in [1.807, 2.05) is 58.8 Å². The molecule has 0 aromatic heterocycles. The maximum absolute atomic E-state index is 13.0. The smallest absolute Gasteiger partial charge is 0.338 e. The lowest BCUT2D eigenvalue weighted by molar-refractivity contribution is -0.136. The number of hydrogen-bond acceptors (Lipinski definition) is 8. The van der Waals surface area contributed by atoms with Gasteiger partial charge in [-0.05, 0) is 54.4 Å². The number of ether oxygens (including phenoxy) is 3. The Labute approximate surface area is 226 Å². The van der Waals surface area contributed by atoms with Crippen molar-refractivity contribution in [1.82, 2.24) is 10.2 Å². The number of amidine groups is 1. The van der Waals surface area contributed by atoms with E-state index in [4.69, 9.17) is 14.2 Å². The van der Waals surface area contributed by atoms with Crippen molar-refractivity contribution in [3.8, 4) is 11.5 Å². The predicted molar refractivity (Wildman–Crippen MR) is 147 cm³/mol. The first-order chi connectivity index (χ1) is 18.5. The van der Waals surface area contributed by atoms with E-state index in [0.717, 1.165) is 16.8 Å². The number of hydrogen-bond donors (Lipinski definition) is 1.